The first-order valence-electron chi connectivity index (χ1n) is 7.40. The van der Waals surface area contributed by atoms with Crippen LogP contribution in [0, 0.1) is 5.41 Å². The number of methoxy groups -OCH3 is 2. The summed E-state index contributed by atoms with van der Waals surface area (Å²) in [5.74, 6) is 0. The van der Waals surface area contributed by atoms with Gasteiger partial charge in [-0.2, -0.15) is 0 Å². The lowest BCUT2D eigenvalue weighted by molar-refractivity contribution is 0.0826. The van der Waals surface area contributed by atoms with E-state index in [1.807, 2.05) is 0 Å². The Morgan fingerprint density at radius 2 is 1.74 bits per heavy atom. The van der Waals surface area contributed by atoms with Crippen molar-refractivity contribution in [1.29, 1.82) is 0 Å². The zero-order valence-corrected chi connectivity index (χ0v) is 13.4. The Labute approximate surface area is 119 Å². The molecule has 0 aliphatic heterocycles. The molecule has 0 saturated carbocycles. The molecule has 0 aromatic carbocycles. The van der Waals surface area contributed by atoms with Gasteiger partial charge in [0.25, 0.3) is 0 Å². The molecule has 19 heavy (non-hydrogen) atoms. The van der Waals surface area contributed by atoms with Gasteiger partial charge >= 0.3 is 0 Å². The molecular formula is C16H31NO2. The summed E-state index contributed by atoms with van der Waals surface area (Å²) in [5.41, 5.74) is 1.94. The fraction of sp³-hybridized carbons (Fsp3) is 0.875. The first-order chi connectivity index (χ1) is 8.99. The van der Waals surface area contributed by atoms with Crippen LogP contribution in [0.2, 0.25) is 0 Å². The molecule has 0 N–H and O–H groups in total. The second-order valence-electron chi connectivity index (χ2n) is 6.43. The minimum absolute atomic E-state index is 0.328. The summed E-state index contributed by atoms with van der Waals surface area (Å²) in [7, 11) is 3.54. The SMILES string of the molecule is COCCN(CCOC)[C@H]1CC=C(C(C)(C)C)CC1. The fourth-order valence-corrected chi connectivity index (χ4v) is 2.73. The highest BCUT2D eigenvalue weighted by atomic mass is 16.5. The summed E-state index contributed by atoms with van der Waals surface area (Å²) in [6, 6.07) is 0.649. The van der Waals surface area contributed by atoms with Crippen molar-refractivity contribution in [3.8, 4) is 0 Å². The van der Waals surface area contributed by atoms with Gasteiger partial charge in [0, 0.05) is 33.4 Å². The molecule has 3 heteroatoms. The topological polar surface area (TPSA) is 21.7 Å². The molecule has 3 nitrogen and oxygen atoms in total. The van der Waals surface area contributed by atoms with E-state index in [0.29, 0.717) is 11.5 Å². The Hall–Kier alpha value is -0.380. The van der Waals surface area contributed by atoms with Crippen molar-refractivity contribution in [3.63, 3.8) is 0 Å². The standard InChI is InChI=1S/C16H31NO2/c1-16(2,3)14-6-8-15(9-7-14)17(10-12-18-4)11-13-19-5/h6,15H,7-13H2,1-5H3/t15-/m0/s1. The molecule has 1 aliphatic carbocycles. The lowest BCUT2D eigenvalue weighted by Gasteiger charge is -2.36. The van der Waals surface area contributed by atoms with Crippen LogP contribution in [0.4, 0.5) is 0 Å². The van der Waals surface area contributed by atoms with Crippen molar-refractivity contribution in [3.05, 3.63) is 11.6 Å². The molecule has 1 atom stereocenters. The largest absolute Gasteiger partial charge is 0.383 e. The number of rotatable bonds is 7. The van der Waals surface area contributed by atoms with Crippen LogP contribution in [0.1, 0.15) is 40.0 Å². The first kappa shape index (κ1) is 16.7. The number of ether oxygens (including phenoxy) is 2. The Bertz CT molecular complexity index is 273. The molecule has 1 rings (SSSR count). The van der Waals surface area contributed by atoms with Crippen LogP contribution in [0.15, 0.2) is 11.6 Å². The van der Waals surface area contributed by atoms with Gasteiger partial charge < -0.3 is 9.47 Å². The lowest BCUT2D eigenvalue weighted by atomic mass is 9.79. The first-order valence-corrected chi connectivity index (χ1v) is 7.40. The van der Waals surface area contributed by atoms with Crippen molar-refractivity contribution in [2.45, 2.75) is 46.1 Å². The predicted octanol–water partition coefficient (Wildman–Crippen LogP) is 3.11. The summed E-state index contributed by atoms with van der Waals surface area (Å²) in [5, 5.41) is 0. The normalized spacial score (nSPS) is 20.7. The van der Waals surface area contributed by atoms with Crippen molar-refractivity contribution < 1.29 is 9.47 Å². The third kappa shape index (κ3) is 5.64. The number of hydrogen-bond donors (Lipinski definition) is 0. The van der Waals surface area contributed by atoms with E-state index in [4.69, 9.17) is 9.47 Å². The van der Waals surface area contributed by atoms with E-state index in [1.165, 1.54) is 19.3 Å². The highest BCUT2D eigenvalue weighted by Gasteiger charge is 2.25. The third-order valence-corrected chi connectivity index (χ3v) is 4.03. The molecule has 0 fully saturated rings. The summed E-state index contributed by atoms with van der Waals surface area (Å²) in [4.78, 5) is 2.52. The van der Waals surface area contributed by atoms with Crippen LogP contribution < -0.4 is 0 Å². The minimum Gasteiger partial charge on any atom is -0.383 e. The highest BCUT2D eigenvalue weighted by Crippen LogP contribution is 2.34. The summed E-state index contributed by atoms with van der Waals surface area (Å²) in [6.45, 7) is 10.5. The van der Waals surface area contributed by atoms with E-state index >= 15 is 0 Å². The summed E-state index contributed by atoms with van der Waals surface area (Å²) in [6.07, 6.45) is 6.11. The van der Waals surface area contributed by atoms with Crippen molar-refractivity contribution in [2.75, 3.05) is 40.5 Å². The smallest absolute Gasteiger partial charge is 0.0589 e. The fourth-order valence-electron chi connectivity index (χ4n) is 2.73. The average molecular weight is 269 g/mol. The molecule has 0 bridgehead atoms. The molecule has 0 spiro atoms. The third-order valence-electron chi connectivity index (χ3n) is 4.03. The number of nitrogens with zero attached hydrogens (tertiary/aromatic N) is 1. The monoisotopic (exact) mass is 269 g/mol. The maximum atomic E-state index is 5.22. The van der Waals surface area contributed by atoms with Gasteiger partial charge in [0.2, 0.25) is 0 Å². The molecule has 0 amide bonds. The molecule has 0 aromatic rings. The maximum Gasteiger partial charge on any atom is 0.0589 e. The molecular weight excluding hydrogens is 238 g/mol. The van der Waals surface area contributed by atoms with Gasteiger partial charge in [-0.05, 0) is 24.7 Å². The van der Waals surface area contributed by atoms with Crippen molar-refractivity contribution >= 4 is 0 Å². The lowest BCUT2D eigenvalue weighted by Crippen LogP contribution is -2.41. The van der Waals surface area contributed by atoms with E-state index in [2.05, 4.69) is 31.7 Å². The quantitative estimate of drug-likeness (QED) is 0.663. The second kappa shape index (κ2) is 8.03. The molecule has 0 heterocycles. The van der Waals surface area contributed by atoms with Gasteiger partial charge in [-0.3, -0.25) is 4.90 Å². The van der Waals surface area contributed by atoms with Gasteiger partial charge in [-0.25, -0.2) is 0 Å². The van der Waals surface area contributed by atoms with Crippen LogP contribution in [-0.2, 0) is 9.47 Å². The predicted molar refractivity (Wildman–Crippen MR) is 80.5 cm³/mol. The Morgan fingerprint density at radius 1 is 1.16 bits per heavy atom. The van der Waals surface area contributed by atoms with Gasteiger partial charge in [0.15, 0.2) is 0 Å². The molecule has 0 saturated heterocycles. The van der Waals surface area contributed by atoms with Crippen LogP contribution in [-0.4, -0.2) is 51.5 Å². The highest BCUT2D eigenvalue weighted by molar-refractivity contribution is 5.15. The van der Waals surface area contributed by atoms with E-state index in [-0.39, 0.29) is 0 Å². The van der Waals surface area contributed by atoms with Gasteiger partial charge in [0.05, 0.1) is 13.2 Å². The maximum absolute atomic E-state index is 5.22. The Balaban J connectivity index is 2.55. The van der Waals surface area contributed by atoms with Crippen molar-refractivity contribution in [2.24, 2.45) is 5.41 Å². The average Bonchev–Trinajstić information content (AvgIpc) is 2.38. The molecule has 1 aliphatic rings. The number of allylic oxidation sites excluding steroid dienone is 1. The molecule has 0 unspecified atom stereocenters. The minimum atomic E-state index is 0.328. The van der Waals surface area contributed by atoms with Gasteiger partial charge in [0.1, 0.15) is 0 Å². The second-order valence-corrected chi connectivity index (χ2v) is 6.43. The zero-order valence-electron chi connectivity index (χ0n) is 13.4. The number of hydrogen-bond acceptors (Lipinski definition) is 3. The van der Waals surface area contributed by atoms with E-state index in [1.54, 1.807) is 19.8 Å². The van der Waals surface area contributed by atoms with Gasteiger partial charge in [-0.15, -0.1) is 0 Å². The van der Waals surface area contributed by atoms with Crippen LogP contribution in [0.25, 0.3) is 0 Å². The van der Waals surface area contributed by atoms with Crippen LogP contribution in [0.5, 0.6) is 0 Å². The Morgan fingerprint density at radius 3 is 2.11 bits per heavy atom. The van der Waals surface area contributed by atoms with Gasteiger partial charge in [-0.1, -0.05) is 32.4 Å². The molecule has 0 aromatic heterocycles. The van der Waals surface area contributed by atoms with Crippen molar-refractivity contribution in [1.82, 2.24) is 4.90 Å². The Kier molecular flexibility index (Phi) is 7.05. The zero-order chi connectivity index (χ0) is 14.3. The molecule has 0 radical (unpaired) electrons. The summed E-state index contributed by atoms with van der Waals surface area (Å²) >= 11 is 0. The van der Waals surface area contributed by atoms with Crippen LogP contribution >= 0.6 is 0 Å². The molecule has 112 valence electrons. The van der Waals surface area contributed by atoms with E-state index in [9.17, 15) is 0 Å². The van der Waals surface area contributed by atoms with E-state index < -0.39 is 0 Å². The van der Waals surface area contributed by atoms with E-state index in [0.717, 1.165) is 26.3 Å². The van der Waals surface area contributed by atoms with Crippen LogP contribution in [0.3, 0.4) is 0 Å². The summed E-state index contributed by atoms with van der Waals surface area (Å²) < 4.78 is 10.4.